The van der Waals surface area contributed by atoms with E-state index in [1.165, 1.54) is 55.7 Å². The first-order valence-electron chi connectivity index (χ1n) is 25.1. The van der Waals surface area contributed by atoms with E-state index >= 15 is 0 Å². The number of carbonyl (C=O) groups is 2. The van der Waals surface area contributed by atoms with Crippen molar-refractivity contribution in [3.63, 3.8) is 0 Å². The van der Waals surface area contributed by atoms with Crippen LogP contribution in [0.1, 0.15) is 47.9 Å². The van der Waals surface area contributed by atoms with Crippen molar-refractivity contribution in [2.24, 2.45) is 0 Å². The lowest BCUT2D eigenvalue weighted by Gasteiger charge is -2.43. The van der Waals surface area contributed by atoms with Gasteiger partial charge in [-0.05, 0) is 123 Å². The molecule has 0 aliphatic carbocycles. The molecule has 7 aromatic rings. The van der Waals surface area contributed by atoms with Gasteiger partial charge in [0.2, 0.25) is 5.91 Å². The number of nitrogens with zero attached hydrogens (tertiary/aromatic N) is 3. The number of hydroxylamine groups is 2. The maximum atomic E-state index is 14.5. The van der Waals surface area contributed by atoms with E-state index in [1.807, 2.05) is 11.8 Å². The number of thioether (sulfide) groups is 1. The van der Waals surface area contributed by atoms with Crippen LogP contribution in [-0.2, 0) is 19.2 Å². The predicted molar refractivity (Wildman–Crippen MR) is 294 cm³/mol. The third-order valence-electron chi connectivity index (χ3n) is 14.4. The van der Waals surface area contributed by atoms with Crippen LogP contribution in [0.5, 0.6) is 0 Å². The molecule has 0 spiro atoms. The normalized spacial score (nSPS) is 16.2. The number of fused-ring (bicyclic) bond motifs is 2. The van der Waals surface area contributed by atoms with Crippen molar-refractivity contribution < 1.29 is 18.8 Å². The lowest BCUT2D eigenvalue weighted by Crippen LogP contribution is -2.46. The number of hydrogen-bond donors (Lipinski definition) is 1. The Labute approximate surface area is 431 Å². The minimum atomic E-state index is -1.77. The van der Waals surface area contributed by atoms with E-state index in [4.69, 9.17) is 4.84 Å². The molecule has 7 nitrogen and oxygen atoms in total. The molecule has 10 heteroatoms. The first kappa shape index (κ1) is 50.7. The smallest absolute Gasteiger partial charge is 0.274 e. The zero-order valence-corrected chi connectivity index (χ0v) is 43.0. The third-order valence-corrected chi connectivity index (χ3v) is 20.0. The monoisotopic (exact) mass is 996 g/mol. The molecule has 370 valence electrons. The second-order valence-electron chi connectivity index (χ2n) is 18.6. The number of hydrogen-bond acceptors (Lipinski definition) is 6. The Bertz CT molecular complexity index is 2670. The van der Waals surface area contributed by atoms with E-state index in [1.54, 1.807) is 19.2 Å². The Kier molecular flexibility index (Phi) is 16.9. The third kappa shape index (κ3) is 11.0. The highest BCUT2D eigenvalue weighted by Gasteiger charge is 2.44. The van der Waals surface area contributed by atoms with Crippen molar-refractivity contribution in [2.45, 2.75) is 57.2 Å². The molecule has 0 saturated carbocycles. The number of halogens is 1. The van der Waals surface area contributed by atoms with E-state index in [0.29, 0.717) is 31.8 Å². The van der Waals surface area contributed by atoms with Crippen LogP contribution in [0.25, 0.3) is 5.57 Å². The zero-order valence-electron chi connectivity index (χ0n) is 41.3. The van der Waals surface area contributed by atoms with Gasteiger partial charge >= 0.3 is 0 Å². The van der Waals surface area contributed by atoms with Gasteiger partial charge in [0.25, 0.3) is 5.91 Å². The summed E-state index contributed by atoms with van der Waals surface area (Å²) in [6.45, 7) is 2.91. The van der Waals surface area contributed by atoms with Crippen molar-refractivity contribution in [1.82, 2.24) is 20.2 Å². The molecule has 2 aliphatic heterocycles. The van der Waals surface area contributed by atoms with Crippen LogP contribution in [-0.4, -0.2) is 97.1 Å². The zero-order chi connectivity index (χ0) is 49.8. The molecule has 0 aromatic heterocycles. The average molecular weight is 997 g/mol. The van der Waals surface area contributed by atoms with E-state index in [-0.39, 0.29) is 36.3 Å². The largest absolute Gasteiger partial charge is 0.354 e. The number of benzene rings is 7. The molecule has 1 N–H and O–H groups in total. The molecule has 9 rings (SSSR count). The van der Waals surface area contributed by atoms with E-state index < -0.39 is 14.8 Å². The fourth-order valence-corrected chi connectivity index (χ4v) is 16.3. The van der Waals surface area contributed by atoms with Gasteiger partial charge in [0.15, 0.2) is 0 Å². The molecule has 2 atom stereocenters. The van der Waals surface area contributed by atoms with Crippen molar-refractivity contribution in [3.05, 3.63) is 240 Å². The van der Waals surface area contributed by atoms with Crippen molar-refractivity contribution in [2.75, 3.05) is 58.4 Å². The molecule has 2 heterocycles. The summed E-state index contributed by atoms with van der Waals surface area (Å²) in [5, 5.41) is 4.67. The van der Waals surface area contributed by atoms with Gasteiger partial charge in [0, 0.05) is 55.8 Å². The highest BCUT2D eigenvalue weighted by Crippen LogP contribution is 2.68. The Morgan fingerprint density at radius 3 is 1.65 bits per heavy atom. The van der Waals surface area contributed by atoms with Crippen molar-refractivity contribution >= 4 is 39.2 Å². The highest BCUT2D eigenvalue weighted by molar-refractivity contribution is 8.33. The number of carbonyl (C=O) groups excluding carboxylic acids is 2. The Morgan fingerprint density at radius 1 is 0.681 bits per heavy atom. The van der Waals surface area contributed by atoms with Crippen LogP contribution in [0.4, 0.5) is 4.39 Å². The molecule has 72 heavy (non-hydrogen) atoms. The van der Waals surface area contributed by atoms with E-state index in [9.17, 15) is 14.0 Å². The lowest BCUT2D eigenvalue weighted by atomic mass is 9.84. The number of amides is 2. The van der Waals surface area contributed by atoms with Crippen LogP contribution in [0.15, 0.2) is 227 Å². The molecule has 2 amide bonds. The Balaban J connectivity index is 0.974. The van der Waals surface area contributed by atoms with Gasteiger partial charge in [0.1, 0.15) is 5.82 Å². The maximum absolute atomic E-state index is 14.5. The van der Waals surface area contributed by atoms with Crippen molar-refractivity contribution in [1.29, 1.82) is 0 Å². The van der Waals surface area contributed by atoms with Gasteiger partial charge < -0.3 is 5.32 Å². The topological polar surface area (TPSA) is 65.1 Å². The number of nitrogens with one attached hydrogen (secondary N) is 1. The number of likely N-dealkylation sites (N-methyl/N-ethyl adjacent to an activating group) is 1. The minimum Gasteiger partial charge on any atom is -0.354 e. The predicted octanol–water partition coefficient (Wildman–Crippen LogP) is 12.4. The number of rotatable bonds is 22. The second kappa shape index (κ2) is 24.0. The molecule has 1 saturated heterocycles. The van der Waals surface area contributed by atoms with Gasteiger partial charge in [-0.15, -0.1) is 11.8 Å². The summed E-state index contributed by atoms with van der Waals surface area (Å²) in [6, 6.07) is 71.4. The van der Waals surface area contributed by atoms with Gasteiger partial charge in [-0.2, -0.15) is 10.0 Å². The van der Waals surface area contributed by atoms with E-state index in [2.05, 4.69) is 197 Å². The van der Waals surface area contributed by atoms with Crippen LogP contribution in [0, 0.1) is 5.82 Å². The molecule has 2 aliphatic rings. The maximum Gasteiger partial charge on any atom is 0.274 e. The standard InChI is InChI=1S/C62H65FN4O3S2/c1-65(70-2)61(69)60-57(48-34-36-52(63)37-35-48)46-53-38-39-58(60)67(53)42-21-41-66(43-45-72(54-28-15-6-16-29-54,55-30-17-7-18-31-55)56-32-19-8-20-33-56)47-59(68)64-40-44-71-62(49-22-9-3-10-23-49,50-24-11-4-12-25-50)51-26-13-5-14-27-51/h3-20,22-37,53,58H,21,38-47H2,1-2H3,(H,64,68). The van der Waals surface area contributed by atoms with Gasteiger partial charge in [-0.25, -0.2) is 9.45 Å². The minimum absolute atomic E-state index is 0.000433. The van der Waals surface area contributed by atoms with Gasteiger partial charge in [0.05, 0.1) is 18.4 Å². The molecule has 1 fully saturated rings. The Morgan fingerprint density at radius 2 is 1.17 bits per heavy atom. The molecular formula is C62H65FN4O3S2. The Hall–Kier alpha value is -6.27. The summed E-state index contributed by atoms with van der Waals surface area (Å²) in [4.78, 5) is 42.7. The molecule has 2 bridgehead atoms. The fraction of sp³-hybridized carbons (Fsp3) is 0.258. The summed E-state index contributed by atoms with van der Waals surface area (Å²) in [5.41, 5.74) is 6.16. The summed E-state index contributed by atoms with van der Waals surface area (Å²) in [6.07, 6.45) is 3.32. The summed E-state index contributed by atoms with van der Waals surface area (Å²) < 4.78 is 13.7. The van der Waals surface area contributed by atoms with Crippen LogP contribution in [0.3, 0.4) is 0 Å². The SMILES string of the molecule is CON(C)C(=O)C1=C(c2ccc(F)cc2)CC2CCC1N2CCCN(CCS(c1ccccc1)(c1ccccc1)c1ccccc1)CC(=O)NCCSC(c1ccccc1)(c1ccccc1)c1ccccc1. The second-order valence-corrected chi connectivity index (χ2v) is 23.2. The average Bonchev–Trinajstić information content (AvgIpc) is 3.71. The van der Waals surface area contributed by atoms with Crippen LogP contribution in [0.2, 0.25) is 0 Å². The van der Waals surface area contributed by atoms with Crippen molar-refractivity contribution in [3.8, 4) is 0 Å². The molecule has 2 unspecified atom stereocenters. The van der Waals surface area contributed by atoms with Crippen LogP contribution < -0.4 is 5.32 Å². The molecule has 0 radical (unpaired) electrons. The first-order chi connectivity index (χ1) is 35.3. The van der Waals surface area contributed by atoms with Gasteiger partial charge in [-0.3, -0.25) is 24.2 Å². The first-order valence-corrected chi connectivity index (χ1v) is 27.9. The molecule has 7 aromatic carbocycles. The summed E-state index contributed by atoms with van der Waals surface area (Å²) >= 11 is 1.85. The molecular weight excluding hydrogens is 932 g/mol. The lowest BCUT2D eigenvalue weighted by molar-refractivity contribution is -0.164. The quantitative estimate of drug-likeness (QED) is 0.0415. The van der Waals surface area contributed by atoms with Crippen LogP contribution >= 0.6 is 21.8 Å². The summed E-state index contributed by atoms with van der Waals surface area (Å²) in [7, 11) is 1.39. The van der Waals surface area contributed by atoms with E-state index in [0.717, 1.165) is 48.3 Å². The van der Waals surface area contributed by atoms with Gasteiger partial charge in [-0.1, -0.05) is 158 Å². The highest BCUT2D eigenvalue weighted by atomic mass is 32.3. The summed E-state index contributed by atoms with van der Waals surface area (Å²) in [5.74, 6) is 1.05. The fourth-order valence-electron chi connectivity index (χ4n) is 11.0.